The number of alkyl halides is 4. The van der Waals surface area contributed by atoms with Crippen molar-refractivity contribution in [2.45, 2.75) is 12.5 Å². The summed E-state index contributed by atoms with van der Waals surface area (Å²) in [5, 5.41) is 9.46. The fourth-order valence-electron chi connectivity index (χ4n) is 0.236. The highest BCUT2D eigenvalue weighted by atomic mass is 19.4. The molecular formula is C4H3F4O3-. The largest absolute Gasteiger partial charge is 0.548 e. The highest BCUT2D eigenvalue weighted by Crippen LogP contribution is 2.23. The quantitative estimate of drug-likeness (QED) is 0.549. The monoisotopic (exact) mass is 175 g/mol. The molecule has 11 heavy (non-hydrogen) atoms. The van der Waals surface area contributed by atoms with Crippen molar-refractivity contribution >= 4 is 5.97 Å². The minimum atomic E-state index is -5.19. The number of hydrogen-bond donors (Lipinski definition) is 0. The summed E-state index contributed by atoms with van der Waals surface area (Å²) in [6.07, 6.45) is -8.75. The van der Waals surface area contributed by atoms with Gasteiger partial charge in [-0.3, -0.25) is 0 Å². The van der Waals surface area contributed by atoms with Crippen LogP contribution in [0.4, 0.5) is 17.6 Å². The topological polar surface area (TPSA) is 49.4 Å². The standard InChI is InChI=1S/C4H4F4O3/c5-3(4(6,7)8)11-1-2(9)10/h3H,1H2,(H,9,10)/p-1. The maximum atomic E-state index is 11.6. The predicted molar refractivity (Wildman–Crippen MR) is 21.9 cm³/mol. The van der Waals surface area contributed by atoms with Gasteiger partial charge in [-0.1, -0.05) is 0 Å². The highest BCUT2D eigenvalue weighted by Gasteiger charge is 2.41. The second-order valence-corrected chi connectivity index (χ2v) is 1.54. The van der Waals surface area contributed by atoms with E-state index in [4.69, 9.17) is 0 Å². The molecule has 0 aromatic carbocycles. The minimum absolute atomic E-state index is 1.42. The number of carbonyl (C=O) groups is 1. The van der Waals surface area contributed by atoms with Gasteiger partial charge in [0, 0.05) is 0 Å². The summed E-state index contributed by atoms with van der Waals surface area (Å²) >= 11 is 0. The number of halogens is 4. The highest BCUT2D eigenvalue weighted by molar-refractivity contribution is 5.65. The summed E-state index contributed by atoms with van der Waals surface area (Å²) in [6, 6.07) is 0. The molecule has 0 bridgehead atoms. The number of carbonyl (C=O) groups excluding carboxylic acids is 1. The van der Waals surface area contributed by atoms with Crippen LogP contribution in [0, 0.1) is 0 Å². The molecule has 0 fully saturated rings. The van der Waals surface area contributed by atoms with Crippen LogP contribution < -0.4 is 5.11 Å². The van der Waals surface area contributed by atoms with E-state index in [1.54, 1.807) is 0 Å². The van der Waals surface area contributed by atoms with E-state index in [9.17, 15) is 27.5 Å². The predicted octanol–water partition coefficient (Wildman–Crippen LogP) is -0.389. The smallest absolute Gasteiger partial charge is 0.445 e. The van der Waals surface area contributed by atoms with Crippen LogP contribution in [0.5, 0.6) is 0 Å². The summed E-state index contributed by atoms with van der Waals surface area (Å²) in [4.78, 5) is 9.46. The lowest BCUT2D eigenvalue weighted by atomic mass is 10.6. The Morgan fingerprint density at radius 3 is 2.27 bits per heavy atom. The molecule has 0 N–H and O–H groups in total. The van der Waals surface area contributed by atoms with E-state index in [1.807, 2.05) is 0 Å². The van der Waals surface area contributed by atoms with E-state index < -0.39 is 25.1 Å². The van der Waals surface area contributed by atoms with Gasteiger partial charge < -0.3 is 14.6 Å². The van der Waals surface area contributed by atoms with Crippen LogP contribution in [0.1, 0.15) is 0 Å². The Hall–Kier alpha value is -0.850. The van der Waals surface area contributed by atoms with Gasteiger partial charge >= 0.3 is 6.18 Å². The van der Waals surface area contributed by atoms with Gasteiger partial charge in [-0.2, -0.15) is 13.2 Å². The summed E-state index contributed by atoms with van der Waals surface area (Å²) in [6.45, 7) is -1.42. The first-order valence-electron chi connectivity index (χ1n) is 2.36. The van der Waals surface area contributed by atoms with Crippen LogP contribution in [0.25, 0.3) is 0 Å². The van der Waals surface area contributed by atoms with Gasteiger partial charge in [-0.15, -0.1) is 0 Å². The van der Waals surface area contributed by atoms with Crippen molar-refractivity contribution in [1.82, 2.24) is 0 Å². The van der Waals surface area contributed by atoms with Crippen LogP contribution >= 0.6 is 0 Å². The molecule has 0 amide bonds. The molecule has 7 heteroatoms. The first-order valence-corrected chi connectivity index (χ1v) is 2.36. The van der Waals surface area contributed by atoms with Crippen molar-refractivity contribution in [2.24, 2.45) is 0 Å². The van der Waals surface area contributed by atoms with Gasteiger partial charge in [0.1, 0.15) is 0 Å². The lowest BCUT2D eigenvalue weighted by molar-refractivity contribution is -0.320. The molecule has 0 rings (SSSR count). The minimum Gasteiger partial charge on any atom is -0.548 e. The fourth-order valence-corrected chi connectivity index (χ4v) is 0.236. The Bertz CT molecular complexity index is 143. The lowest BCUT2D eigenvalue weighted by Gasteiger charge is -2.12. The van der Waals surface area contributed by atoms with Gasteiger partial charge in [0.2, 0.25) is 0 Å². The van der Waals surface area contributed by atoms with E-state index in [2.05, 4.69) is 4.74 Å². The van der Waals surface area contributed by atoms with Crippen LogP contribution in [0.3, 0.4) is 0 Å². The summed E-state index contributed by atoms with van der Waals surface area (Å²) in [7, 11) is 0. The van der Waals surface area contributed by atoms with E-state index in [1.165, 1.54) is 0 Å². The number of carboxylic acids is 1. The second kappa shape index (κ2) is 3.51. The molecule has 0 aromatic heterocycles. The van der Waals surface area contributed by atoms with Crippen LogP contribution in [0.15, 0.2) is 0 Å². The Balaban J connectivity index is 3.70. The van der Waals surface area contributed by atoms with Crippen LogP contribution in [-0.4, -0.2) is 25.1 Å². The third-order valence-corrected chi connectivity index (χ3v) is 0.605. The fraction of sp³-hybridized carbons (Fsp3) is 0.750. The first kappa shape index (κ1) is 10.2. The SMILES string of the molecule is O=C([O-])COC(F)C(F)(F)F. The van der Waals surface area contributed by atoms with Gasteiger partial charge in [-0.25, -0.2) is 4.39 Å². The molecule has 0 aliphatic rings. The molecule has 1 atom stereocenters. The van der Waals surface area contributed by atoms with Crippen molar-refractivity contribution in [3.8, 4) is 0 Å². The van der Waals surface area contributed by atoms with Crippen molar-refractivity contribution in [2.75, 3.05) is 6.61 Å². The van der Waals surface area contributed by atoms with Crippen molar-refractivity contribution in [3.05, 3.63) is 0 Å². The number of aliphatic carboxylic acids is 1. The summed E-state index contributed by atoms with van der Waals surface area (Å²) in [5.74, 6) is -1.91. The Kier molecular flexibility index (Phi) is 3.24. The number of ether oxygens (including phenoxy) is 1. The molecular weight excluding hydrogens is 172 g/mol. The molecule has 66 valence electrons. The Morgan fingerprint density at radius 1 is 1.55 bits per heavy atom. The van der Waals surface area contributed by atoms with E-state index in [0.717, 1.165) is 0 Å². The average molecular weight is 175 g/mol. The zero-order chi connectivity index (χ0) is 9.07. The molecule has 0 saturated carbocycles. The number of hydrogen-bond acceptors (Lipinski definition) is 3. The Labute approximate surface area is 58.6 Å². The third-order valence-electron chi connectivity index (χ3n) is 0.605. The molecule has 0 saturated heterocycles. The first-order chi connectivity index (χ1) is 4.84. The molecule has 3 nitrogen and oxygen atoms in total. The molecule has 0 aliphatic heterocycles. The zero-order valence-corrected chi connectivity index (χ0v) is 5.02. The maximum absolute atomic E-state index is 11.6. The van der Waals surface area contributed by atoms with E-state index in [-0.39, 0.29) is 0 Å². The van der Waals surface area contributed by atoms with Gasteiger partial charge in [0.05, 0.1) is 12.6 Å². The third kappa shape index (κ3) is 4.54. The van der Waals surface area contributed by atoms with E-state index in [0.29, 0.717) is 0 Å². The van der Waals surface area contributed by atoms with Gasteiger partial charge in [-0.05, 0) is 0 Å². The molecule has 0 radical (unpaired) electrons. The van der Waals surface area contributed by atoms with Gasteiger partial charge in [0.15, 0.2) is 0 Å². The van der Waals surface area contributed by atoms with Crippen molar-refractivity contribution < 1.29 is 32.2 Å². The van der Waals surface area contributed by atoms with Crippen LogP contribution in [0.2, 0.25) is 0 Å². The average Bonchev–Trinajstić information content (AvgIpc) is 1.80. The van der Waals surface area contributed by atoms with E-state index >= 15 is 0 Å². The van der Waals surface area contributed by atoms with Crippen molar-refractivity contribution in [3.63, 3.8) is 0 Å². The number of rotatable bonds is 3. The molecule has 0 heterocycles. The Morgan fingerprint density at radius 2 is 2.00 bits per heavy atom. The molecule has 0 aliphatic carbocycles. The van der Waals surface area contributed by atoms with Gasteiger partial charge in [0.25, 0.3) is 6.36 Å². The summed E-state index contributed by atoms with van der Waals surface area (Å²) in [5.41, 5.74) is 0. The summed E-state index contributed by atoms with van der Waals surface area (Å²) < 4.78 is 48.4. The molecule has 0 aromatic rings. The maximum Gasteiger partial charge on any atom is 0.445 e. The van der Waals surface area contributed by atoms with Crippen LogP contribution in [-0.2, 0) is 9.53 Å². The molecule has 0 spiro atoms. The normalized spacial score (nSPS) is 14.5. The second-order valence-electron chi connectivity index (χ2n) is 1.54. The lowest BCUT2D eigenvalue weighted by Crippen LogP contribution is -2.34. The zero-order valence-electron chi connectivity index (χ0n) is 5.02. The van der Waals surface area contributed by atoms with Crippen molar-refractivity contribution in [1.29, 1.82) is 0 Å². The molecule has 1 unspecified atom stereocenters. The number of carboxylic acid groups (broad SMARTS) is 1.